The molecule has 138 valence electrons. The smallest absolute Gasteiger partial charge is 0.165 e. The second-order valence-electron chi connectivity index (χ2n) is 7.05. The summed E-state index contributed by atoms with van der Waals surface area (Å²) in [6.07, 6.45) is 2.81. The maximum absolute atomic E-state index is 12.6. The number of aromatic hydroxyl groups is 2. The number of halogens is 1. The number of benzene rings is 2. The van der Waals surface area contributed by atoms with E-state index in [1.54, 1.807) is 6.07 Å². The molecule has 1 heterocycles. The number of hydrogen-bond acceptors (Lipinski definition) is 4. The van der Waals surface area contributed by atoms with Crippen LogP contribution in [-0.2, 0) is 12.8 Å². The first kappa shape index (κ1) is 17.2. The molecular formula is C21H24FNO3. The standard InChI is InChI=1S/C21H24FNO3/c1-2-7-23-8-5-14-10-15(26-9-6-22)12-16-19(14)17(23)11-13-3-4-18(24)21(25)20(13)16/h3-4,10,12,17,24-25H,2,5-9,11H2,1H3/t17-/m1/s1. The number of ether oxygens (including phenoxy) is 1. The summed E-state index contributed by atoms with van der Waals surface area (Å²) in [6.45, 7) is 3.68. The molecule has 5 heteroatoms. The van der Waals surface area contributed by atoms with Crippen molar-refractivity contribution in [3.8, 4) is 28.4 Å². The Hall–Kier alpha value is -2.27. The summed E-state index contributed by atoms with van der Waals surface area (Å²) in [5.41, 5.74) is 5.01. The van der Waals surface area contributed by atoms with E-state index < -0.39 is 6.67 Å². The third-order valence-corrected chi connectivity index (χ3v) is 5.46. The topological polar surface area (TPSA) is 52.9 Å². The zero-order valence-corrected chi connectivity index (χ0v) is 15.0. The minimum absolute atomic E-state index is 0.0164. The van der Waals surface area contributed by atoms with Crippen molar-refractivity contribution in [2.24, 2.45) is 0 Å². The Balaban J connectivity index is 1.91. The summed E-state index contributed by atoms with van der Waals surface area (Å²) in [6, 6.07) is 7.60. The molecule has 2 aromatic carbocycles. The average Bonchev–Trinajstić information content (AvgIpc) is 2.65. The molecule has 0 bridgehead atoms. The first-order valence-electron chi connectivity index (χ1n) is 9.27. The van der Waals surface area contributed by atoms with E-state index in [4.69, 9.17) is 4.74 Å². The van der Waals surface area contributed by atoms with Gasteiger partial charge in [0.1, 0.15) is 19.0 Å². The predicted octanol–water partition coefficient (Wildman–Crippen LogP) is 3.98. The number of hydrogen-bond donors (Lipinski definition) is 2. The predicted molar refractivity (Wildman–Crippen MR) is 98.7 cm³/mol. The number of fused-ring (bicyclic) bond motifs is 2. The fraction of sp³-hybridized carbons (Fsp3) is 0.429. The second kappa shape index (κ2) is 6.80. The number of phenolic OH excluding ortho intramolecular Hbond substituents is 2. The lowest BCUT2D eigenvalue weighted by Crippen LogP contribution is -2.38. The SMILES string of the molecule is CCCN1CCc2cc(OCCF)cc3c2[C@H]1Cc1ccc(O)c(O)c1-3. The van der Waals surface area contributed by atoms with E-state index >= 15 is 0 Å². The van der Waals surface area contributed by atoms with Crippen LogP contribution >= 0.6 is 0 Å². The Labute approximate surface area is 152 Å². The van der Waals surface area contributed by atoms with Gasteiger partial charge in [-0.2, -0.15) is 0 Å². The van der Waals surface area contributed by atoms with Crippen molar-refractivity contribution in [1.82, 2.24) is 4.90 Å². The Morgan fingerprint density at radius 2 is 2.08 bits per heavy atom. The van der Waals surface area contributed by atoms with E-state index in [9.17, 15) is 14.6 Å². The fourth-order valence-corrected chi connectivity index (χ4v) is 4.42. The van der Waals surface area contributed by atoms with Crippen molar-refractivity contribution in [2.75, 3.05) is 26.4 Å². The molecule has 0 amide bonds. The van der Waals surface area contributed by atoms with E-state index in [2.05, 4.69) is 11.8 Å². The summed E-state index contributed by atoms with van der Waals surface area (Å²) < 4.78 is 18.1. The Morgan fingerprint density at radius 1 is 1.23 bits per heavy atom. The van der Waals surface area contributed by atoms with Gasteiger partial charge in [0.15, 0.2) is 11.5 Å². The molecule has 1 aliphatic carbocycles. The van der Waals surface area contributed by atoms with Crippen LogP contribution in [-0.4, -0.2) is 41.5 Å². The van der Waals surface area contributed by atoms with Gasteiger partial charge in [-0.1, -0.05) is 13.0 Å². The second-order valence-corrected chi connectivity index (χ2v) is 7.05. The van der Waals surface area contributed by atoms with Crippen LogP contribution in [0.1, 0.15) is 36.1 Å². The molecule has 0 spiro atoms. The van der Waals surface area contributed by atoms with Crippen molar-refractivity contribution in [1.29, 1.82) is 0 Å². The zero-order valence-electron chi connectivity index (χ0n) is 15.0. The van der Waals surface area contributed by atoms with Gasteiger partial charge in [0, 0.05) is 18.2 Å². The van der Waals surface area contributed by atoms with Gasteiger partial charge in [-0.25, -0.2) is 4.39 Å². The van der Waals surface area contributed by atoms with Gasteiger partial charge >= 0.3 is 0 Å². The highest BCUT2D eigenvalue weighted by Crippen LogP contribution is 2.51. The highest BCUT2D eigenvalue weighted by atomic mass is 19.1. The van der Waals surface area contributed by atoms with Crippen LogP contribution in [0.5, 0.6) is 17.2 Å². The highest BCUT2D eigenvalue weighted by Gasteiger charge is 2.36. The lowest BCUT2D eigenvalue weighted by atomic mass is 9.76. The Bertz CT molecular complexity index is 836. The lowest BCUT2D eigenvalue weighted by molar-refractivity contribution is 0.182. The van der Waals surface area contributed by atoms with Crippen molar-refractivity contribution in [3.63, 3.8) is 0 Å². The van der Waals surface area contributed by atoms with Crippen LogP contribution < -0.4 is 4.74 Å². The molecule has 0 saturated heterocycles. The Kier molecular flexibility index (Phi) is 4.49. The van der Waals surface area contributed by atoms with Gasteiger partial charge in [-0.3, -0.25) is 4.90 Å². The fourth-order valence-electron chi connectivity index (χ4n) is 4.42. The van der Waals surface area contributed by atoms with E-state index in [0.717, 1.165) is 43.5 Å². The number of nitrogens with zero attached hydrogens (tertiary/aromatic N) is 1. The molecule has 4 nitrogen and oxygen atoms in total. The third kappa shape index (κ3) is 2.71. The minimum Gasteiger partial charge on any atom is -0.504 e. The quantitative estimate of drug-likeness (QED) is 0.795. The molecule has 2 aromatic rings. The van der Waals surface area contributed by atoms with Gasteiger partial charge in [0.05, 0.1) is 0 Å². The molecule has 4 rings (SSSR count). The highest BCUT2D eigenvalue weighted by molar-refractivity contribution is 5.83. The molecule has 0 unspecified atom stereocenters. The van der Waals surface area contributed by atoms with Gasteiger partial charge < -0.3 is 14.9 Å². The van der Waals surface area contributed by atoms with Crippen molar-refractivity contribution >= 4 is 0 Å². The molecule has 0 fully saturated rings. The summed E-state index contributed by atoms with van der Waals surface area (Å²) in [5.74, 6) is 0.417. The monoisotopic (exact) mass is 357 g/mol. The van der Waals surface area contributed by atoms with Gasteiger partial charge in [-0.05, 0) is 66.3 Å². The zero-order chi connectivity index (χ0) is 18.3. The molecule has 2 aliphatic rings. The molecule has 0 saturated carbocycles. The first-order chi connectivity index (χ1) is 12.6. The lowest BCUT2D eigenvalue weighted by Gasteiger charge is -2.42. The van der Waals surface area contributed by atoms with Crippen molar-refractivity contribution in [3.05, 3.63) is 41.0 Å². The molecular weight excluding hydrogens is 333 g/mol. The number of alkyl halides is 1. The van der Waals surface area contributed by atoms with Crippen molar-refractivity contribution < 1.29 is 19.3 Å². The number of phenols is 2. The van der Waals surface area contributed by atoms with Crippen LogP contribution in [0.3, 0.4) is 0 Å². The minimum atomic E-state index is -0.540. The van der Waals surface area contributed by atoms with Crippen LogP contribution in [0.25, 0.3) is 11.1 Å². The van der Waals surface area contributed by atoms with E-state index in [1.165, 1.54) is 11.1 Å². The summed E-state index contributed by atoms with van der Waals surface area (Å²) in [4.78, 5) is 2.50. The Morgan fingerprint density at radius 3 is 2.85 bits per heavy atom. The van der Waals surface area contributed by atoms with Crippen LogP contribution in [0.4, 0.5) is 4.39 Å². The molecule has 0 aromatic heterocycles. The maximum atomic E-state index is 12.6. The average molecular weight is 357 g/mol. The molecule has 1 aliphatic heterocycles. The van der Waals surface area contributed by atoms with Gasteiger partial charge in [0.25, 0.3) is 0 Å². The van der Waals surface area contributed by atoms with Gasteiger partial charge in [0.2, 0.25) is 0 Å². The van der Waals surface area contributed by atoms with E-state index in [1.807, 2.05) is 18.2 Å². The summed E-state index contributed by atoms with van der Waals surface area (Å²) in [7, 11) is 0. The van der Waals surface area contributed by atoms with E-state index in [0.29, 0.717) is 11.3 Å². The van der Waals surface area contributed by atoms with Gasteiger partial charge in [-0.15, -0.1) is 0 Å². The van der Waals surface area contributed by atoms with E-state index in [-0.39, 0.29) is 24.1 Å². The third-order valence-electron chi connectivity index (χ3n) is 5.46. The summed E-state index contributed by atoms with van der Waals surface area (Å²) >= 11 is 0. The van der Waals surface area contributed by atoms with Crippen LogP contribution in [0.2, 0.25) is 0 Å². The normalized spacial score (nSPS) is 18.3. The summed E-state index contributed by atoms with van der Waals surface area (Å²) in [5, 5.41) is 20.5. The van der Waals surface area contributed by atoms with Crippen molar-refractivity contribution in [2.45, 2.75) is 32.2 Å². The van der Waals surface area contributed by atoms with Crippen LogP contribution in [0.15, 0.2) is 24.3 Å². The first-order valence-corrected chi connectivity index (χ1v) is 9.27. The molecule has 1 atom stereocenters. The van der Waals surface area contributed by atoms with Crippen LogP contribution in [0, 0.1) is 0 Å². The molecule has 0 radical (unpaired) electrons. The molecule has 2 N–H and O–H groups in total. The maximum Gasteiger partial charge on any atom is 0.165 e. The number of rotatable bonds is 5. The largest absolute Gasteiger partial charge is 0.504 e. The molecule has 26 heavy (non-hydrogen) atoms.